The maximum atomic E-state index is 4.30. The van der Waals surface area contributed by atoms with Crippen molar-refractivity contribution in [2.75, 3.05) is 0 Å². The summed E-state index contributed by atoms with van der Waals surface area (Å²) in [5, 5.41) is 4.17. The average Bonchev–Trinajstić information content (AvgIpc) is 2.47. The van der Waals surface area contributed by atoms with Gasteiger partial charge in [0.25, 0.3) is 0 Å². The van der Waals surface area contributed by atoms with Crippen LogP contribution in [0.25, 0.3) is 5.65 Å². The summed E-state index contributed by atoms with van der Waals surface area (Å²) in [4.78, 5) is 8.59. The Hall–Kier alpha value is -0.970. The molecule has 2 rings (SSSR count). The molecule has 0 saturated heterocycles. The highest BCUT2D eigenvalue weighted by Crippen LogP contribution is 2.15. The van der Waals surface area contributed by atoms with Gasteiger partial charge in [-0.15, -0.1) is 0 Å². The summed E-state index contributed by atoms with van der Waals surface area (Å²) in [6, 6.07) is 0. The van der Waals surface area contributed by atoms with Crippen LogP contribution in [0.4, 0.5) is 0 Å². The zero-order valence-corrected chi connectivity index (χ0v) is 9.04. The third-order valence-electron chi connectivity index (χ3n) is 1.82. The molecule has 0 unspecified atom stereocenters. The van der Waals surface area contributed by atoms with E-state index in [0.29, 0.717) is 0 Å². The molecule has 68 valence electrons. The molecule has 13 heavy (non-hydrogen) atoms. The fraction of sp³-hybridized carbons (Fsp3) is 0.375. The molecule has 4 nitrogen and oxygen atoms in total. The van der Waals surface area contributed by atoms with Crippen LogP contribution in [0.5, 0.6) is 0 Å². The van der Waals surface area contributed by atoms with Gasteiger partial charge in [-0.25, -0.2) is 9.97 Å². The highest BCUT2D eigenvalue weighted by molar-refractivity contribution is 9.10. The van der Waals surface area contributed by atoms with E-state index in [1.54, 1.807) is 10.7 Å². The number of nitrogens with zero attached hydrogens (tertiary/aromatic N) is 4. The third kappa shape index (κ3) is 1.33. The van der Waals surface area contributed by atoms with E-state index in [-0.39, 0.29) is 0 Å². The molecule has 0 bridgehead atoms. The number of halogens is 1. The standard InChI is InChI=1S/C8H9BrN4/c1-3-7-11-5(2)12-8-6(9)4-10-13(7)8/h4H,3H2,1-2H3. The summed E-state index contributed by atoms with van der Waals surface area (Å²) in [6.07, 6.45) is 2.59. The molecule has 0 amide bonds. The van der Waals surface area contributed by atoms with Gasteiger partial charge < -0.3 is 0 Å². The van der Waals surface area contributed by atoms with Crippen LogP contribution >= 0.6 is 15.9 Å². The Morgan fingerprint density at radius 3 is 2.92 bits per heavy atom. The van der Waals surface area contributed by atoms with Gasteiger partial charge in [-0.3, -0.25) is 0 Å². The van der Waals surface area contributed by atoms with Gasteiger partial charge in [-0.05, 0) is 22.9 Å². The summed E-state index contributed by atoms with van der Waals surface area (Å²) in [6.45, 7) is 3.94. The van der Waals surface area contributed by atoms with E-state index >= 15 is 0 Å². The summed E-state index contributed by atoms with van der Waals surface area (Å²) in [5.41, 5.74) is 0.837. The first-order valence-corrected chi connectivity index (χ1v) is 4.88. The number of rotatable bonds is 1. The first-order valence-electron chi connectivity index (χ1n) is 4.09. The molecule has 2 heterocycles. The lowest BCUT2D eigenvalue weighted by Crippen LogP contribution is -2.04. The van der Waals surface area contributed by atoms with E-state index in [2.05, 4.69) is 37.9 Å². The van der Waals surface area contributed by atoms with Gasteiger partial charge in [-0.2, -0.15) is 9.61 Å². The average molecular weight is 241 g/mol. The maximum absolute atomic E-state index is 4.30. The third-order valence-corrected chi connectivity index (χ3v) is 2.38. The molecule has 0 aromatic carbocycles. The minimum atomic E-state index is 0.783. The first kappa shape index (κ1) is 8.62. The molecule has 2 aromatic rings. The fourth-order valence-corrected chi connectivity index (χ4v) is 1.60. The molecule has 0 radical (unpaired) electrons. The number of aromatic nitrogens is 4. The Labute approximate surface area is 84.1 Å². The van der Waals surface area contributed by atoms with Crippen LogP contribution < -0.4 is 0 Å². The van der Waals surface area contributed by atoms with Gasteiger partial charge >= 0.3 is 0 Å². The number of fused-ring (bicyclic) bond motifs is 1. The van der Waals surface area contributed by atoms with Gasteiger partial charge in [0.1, 0.15) is 11.6 Å². The van der Waals surface area contributed by atoms with Crippen molar-refractivity contribution in [3.8, 4) is 0 Å². The Balaban J connectivity index is 2.84. The summed E-state index contributed by atoms with van der Waals surface area (Å²) < 4.78 is 2.67. The van der Waals surface area contributed by atoms with Gasteiger partial charge in [0.2, 0.25) is 0 Å². The molecule has 2 aromatic heterocycles. The van der Waals surface area contributed by atoms with Gasteiger partial charge in [0.05, 0.1) is 10.7 Å². The molecule has 0 aliphatic heterocycles. The van der Waals surface area contributed by atoms with Crippen LogP contribution in [-0.4, -0.2) is 19.6 Å². The van der Waals surface area contributed by atoms with Crippen LogP contribution in [0.1, 0.15) is 18.6 Å². The van der Waals surface area contributed by atoms with E-state index in [0.717, 1.165) is 28.2 Å². The minimum absolute atomic E-state index is 0.783. The van der Waals surface area contributed by atoms with E-state index < -0.39 is 0 Å². The van der Waals surface area contributed by atoms with Crippen molar-refractivity contribution in [3.05, 3.63) is 22.3 Å². The monoisotopic (exact) mass is 240 g/mol. The zero-order valence-electron chi connectivity index (χ0n) is 7.45. The van der Waals surface area contributed by atoms with Crippen LogP contribution in [0.3, 0.4) is 0 Å². The van der Waals surface area contributed by atoms with Crippen molar-refractivity contribution in [2.45, 2.75) is 20.3 Å². The molecule has 5 heteroatoms. The Bertz CT molecular complexity index is 449. The molecular weight excluding hydrogens is 232 g/mol. The number of hydrogen-bond acceptors (Lipinski definition) is 3. The zero-order chi connectivity index (χ0) is 9.42. The highest BCUT2D eigenvalue weighted by atomic mass is 79.9. The Kier molecular flexibility index (Phi) is 2.03. The van der Waals surface area contributed by atoms with Crippen molar-refractivity contribution in [3.63, 3.8) is 0 Å². The fourth-order valence-electron chi connectivity index (χ4n) is 1.25. The van der Waals surface area contributed by atoms with Gasteiger partial charge in [-0.1, -0.05) is 6.92 Å². The van der Waals surface area contributed by atoms with Crippen molar-refractivity contribution in [2.24, 2.45) is 0 Å². The van der Waals surface area contributed by atoms with Crippen LogP contribution in [0.2, 0.25) is 0 Å². The van der Waals surface area contributed by atoms with Crippen LogP contribution in [-0.2, 0) is 6.42 Å². The van der Waals surface area contributed by atoms with Crippen molar-refractivity contribution >= 4 is 21.6 Å². The first-order chi connectivity index (χ1) is 6.22. The van der Waals surface area contributed by atoms with Gasteiger partial charge in [0.15, 0.2) is 5.65 Å². The largest absolute Gasteiger partial charge is 0.218 e. The van der Waals surface area contributed by atoms with Gasteiger partial charge in [0, 0.05) is 6.42 Å². The Morgan fingerprint density at radius 2 is 2.23 bits per heavy atom. The molecule has 0 fully saturated rings. The summed E-state index contributed by atoms with van der Waals surface area (Å²) in [7, 11) is 0. The van der Waals surface area contributed by atoms with E-state index in [4.69, 9.17) is 0 Å². The van der Waals surface area contributed by atoms with Crippen molar-refractivity contribution < 1.29 is 0 Å². The second kappa shape index (κ2) is 3.06. The second-order valence-corrected chi connectivity index (χ2v) is 3.62. The predicted octanol–water partition coefficient (Wildman–Crippen LogP) is 1.76. The van der Waals surface area contributed by atoms with Crippen LogP contribution in [0.15, 0.2) is 10.7 Å². The SMILES string of the molecule is CCc1nc(C)nc2c(Br)cnn12. The smallest absolute Gasteiger partial charge is 0.173 e. The minimum Gasteiger partial charge on any atom is -0.218 e. The van der Waals surface area contributed by atoms with Crippen molar-refractivity contribution in [1.29, 1.82) is 0 Å². The molecule has 0 atom stereocenters. The normalized spacial score (nSPS) is 11.0. The van der Waals surface area contributed by atoms with E-state index in [1.807, 2.05) is 6.92 Å². The molecule has 0 aliphatic rings. The summed E-state index contributed by atoms with van der Waals surface area (Å²) in [5.74, 6) is 1.72. The lowest BCUT2D eigenvalue weighted by molar-refractivity contribution is 0.775. The number of aryl methyl sites for hydroxylation is 2. The van der Waals surface area contributed by atoms with E-state index in [1.165, 1.54) is 0 Å². The Morgan fingerprint density at radius 1 is 1.46 bits per heavy atom. The molecular formula is C8H9BrN4. The highest BCUT2D eigenvalue weighted by Gasteiger charge is 2.07. The quantitative estimate of drug-likeness (QED) is 0.763. The maximum Gasteiger partial charge on any atom is 0.173 e. The molecule has 0 saturated carbocycles. The van der Waals surface area contributed by atoms with E-state index in [9.17, 15) is 0 Å². The second-order valence-electron chi connectivity index (χ2n) is 2.77. The lowest BCUT2D eigenvalue weighted by atomic mass is 10.4. The molecule has 0 N–H and O–H groups in total. The molecule has 0 aliphatic carbocycles. The van der Waals surface area contributed by atoms with Crippen LogP contribution in [0, 0.1) is 6.92 Å². The number of hydrogen-bond donors (Lipinski definition) is 0. The topological polar surface area (TPSA) is 43.1 Å². The molecule has 0 spiro atoms. The lowest BCUT2D eigenvalue weighted by Gasteiger charge is -2.01. The van der Waals surface area contributed by atoms with Crippen molar-refractivity contribution in [1.82, 2.24) is 19.6 Å². The summed E-state index contributed by atoms with van der Waals surface area (Å²) >= 11 is 3.39. The predicted molar refractivity (Wildman–Crippen MR) is 52.6 cm³/mol.